The third-order valence-corrected chi connectivity index (χ3v) is 2.68. The molecule has 5 nitrogen and oxygen atoms in total. The van der Waals surface area contributed by atoms with Gasteiger partial charge in [-0.15, -0.1) is 0 Å². The quantitative estimate of drug-likeness (QED) is 0.844. The van der Waals surface area contributed by atoms with Gasteiger partial charge in [-0.25, -0.2) is 4.98 Å². The number of aromatic nitrogens is 1. The molecule has 0 aliphatic rings. The van der Waals surface area contributed by atoms with E-state index < -0.39 is 0 Å². The number of hydrogen-bond donors (Lipinski definition) is 2. The summed E-state index contributed by atoms with van der Waals surface area (Å²) in [5.74, 6) is 6.68. The Kier molecular flexibility index (Phi) is 5.13. The number of aliphatic hydroxyl groups excluding tert-OH is 1. The van der Waals surface area contributed by atoms with Crippen molar-refractivity contribution < 1.29 is 14.3 Å². The first-order chi connectivity index (χ1) is 10.2. The monoisotopic (exact) mass is 284 g/mol. The highest BCUT2D eigenvalue weighted by molar-refractivity contribution is 6.01. The van der Waals surface area contributed by atoms with Gasteiger partial charge in [-0.2, -0.15) is 0 Å². The van der Waals surface area contributed by atoms with Crippen LogP contribution in [0.3, 0.4) is 0 Å². The van der Waals surface area contributed by atoms with E-state index in [-0.39, 0.29) is 18.3 Å². The molecule has 0 saturated heterocycles. The molecule has 0 saturated carbocycles. The molecule has 0 aliphatic heterocycles. The maximum Gasteiger partial charge on any atom is 0.292 e. The third-order valence-electron chi connectivity index (χ3n) is 2.68. The minimum absolute atomic E-state index is 0.0156. The Morgan fingerprint density at radius 3 is 2.95 bits per heavy atom. The van der Waals surface area contributed by atoms with E-state index in [4.69, 9.17) is 9.52 Å². The van der Waals surface area contributed by atoms with Crippen LogP contribution in [-0.2, 0) is 6.42 Å². The number of rotatable bonds is 4. The zero-order valence-electron chi connectivity index (χ0n) is 11.7. The number of nitrogens with one attached hydrogen (secondary N) is 1. The predicted molar refractivity (Wildman–Crippen MR) is 78.9 cm³/mol. The second kappa shape index (κ2) is 7.27. The number of carbonyl (C=O) groups excluding carboxylic acids is 1. The average Bonchev–Trinajstić information content (AvgIpc) is 2.97. The molecule has 0 bridgehead atoms. The van der Waals surface area contributed by atoms with Gasteiger partial charge in [-0.05, 0) is 30.2 Å². The first-order valence-electron chi connectivity index (χ1n) is 6.69. The highest BCUT2D eigenvalue weighted by atomic mass is 16.3. The lowest BCUT2D eigenvalue weighted by Crippen LogP contribution is -2.12. The van der Waals surface area contributed by atoms with Crippen LogP contribution in [0.15, 0.2) is 34.7 Å². The van der Waals surface area contributed by atoms with Gasteiger partial charge in [0.25, 0.3) is 5.91 Å². The first kappa shape index (κ1) is 14.8. The number of aryl methyl sites for hydroxylation is 1. The SMILES string of the molecule is CCc1ccc(C(=O)Nc2cccc(C#CCCO)n2)o1. The van der Waals surface area contributed by atoms with Gasteiger partial charge < -0.3 is 14.8 Å². The fourth-order valence-electron chi connectivity index (χ4n) is 1.65. The largest absolute Gasteiger partial charge is 0.456 e. The molecule has 21 heavy (non-hydrogen) atoms. The molecule has 2 heterocycles. The molecule has 0 fully saturated rings. The number of hydrogen-bond acceptors (Lipinski definition) is 4. The van der Waals surface area contributed by atoms with Crippen molar-refractivity contribution >= 4 is 11.7 Å². The van der Waals surface area contributed by atoms with Gasteiger partial charge in [0, 0.05) is 12.8 Å². The standard InChI is InChI=1S/C16H16N2O3/c1-2-13-9-10-14(21-13)16(20)18-15-8-5-7-12(17-15)6-3-4-11-19/h5,7-10,19H,2,4,11H2,1H3,(H,17,18,20). The van der Waals surface area contributed by atoms with Crippen LogP contribution in [0.1, 0.15) is 35.4 Å². The molecule has 0 aliphatic carbocycles. The Morgan fingerprint density at radius 2 is 2.24 bits per heavy atom. The Labute approximate surface area is 123 Å². The van der Waals surface area contributed by atoms with E-state index in [1.807, 2.05) is 6.92 Å². The molecular formula is C16H16N2O3. The van der Waals surface area contributed by atoms with Gasteiger partial charge in [-0.1, -0.05) is 18.9 Å². The van der Waals surface area contributed by atoms with Gasteiger partial charge in [0.2, 0.25) is 0 Å². The molecule has 0 spiro atoms. The number of amides is 1. The first-order valence-corrected chi connectivity index (χ1v) is 6.69. The summed E-state index contributed by atoms with van der Waals surface area (Å²) in [6, 6.07) is 8.59. The zero-order chi connectivity index (χ0) is 15.1. The lowest BCUT2D eigenvalue weighted by atomic mass is 10.3. The highest BCUT2D eigenvalue weighted by Gasteiger charge is 2.11. The van der Waals surface area contributed by atoms with E-state index in [0.29, 0.717) is 17.9 Å². The molecule has 2 aromatic rings. The minimum atomic E-state index is -0.345. The predicted octanol–water partition coefficient (Wildman–Crippen LogP) is 2.22. The summed E-state index contributed by atoms with van der Waals surface area (Å²) >= 11 is 0. The molecule has 0 atom stereocenters. The Bertz CT molecular complexity index is 680. The normalized spacial score (nSPS) is 9.81. The Morgan fingerprint density at radius 1 is 1.38 bits per heavy atom. The van der Waals surface area contributed by atoms with Crippen LogP contribution in [0.25, 0.3) is 0 Å². The smallest absolute Gasteiger partial charge is 0.292 e. The summed E-state index contributed by atoms with van der Waals surface area (Å²) < 4.78 is 5.38. The molecule has 2 aromatic heterocycles. The van der Waals surface area contributed by atoms with E-state index in [1.54, 1.807) is 30.3 Å². The number of pyridine rings is 1. The fraction of sp³-hybridized carbons (Fsp3) is 0.250. The van der Waals surface area contributed by atoms with Crippen molar-refractivity contribution in [2.45, 2.75) is 19.8 Å². The van der Waals surface area contributed by atoms with E-state index in [1.165, 1.54) is 0 Å². The zero-order valence-corrected chi connectivity index (χ0v) is 11.7. The van der Waals surface area contributed by atoms with Crippen LogP contribution in [0.2, 0.25) is 0 Å². The minimum Gasteiger partial charge on any atom is -0.456 e. The number of anilines is 1. The van der Waals surface area contributed by atoms with Gasteiger partial charge >= 0.3 is 0 Å². The van der Waals surface area contributed by atoms with Gasteiger partial charge in [0.05, 0.1) is 6.61 Å². The van der Waals surface area contributed by atoms with Crippen LogP contribution in [0.5, 0.6) is 0 Å². The molecule has 108 valence electrons. The van der Waals surface area contributed by atoms with E-state index in [2.05, 4.69) is 22.1 Å². The van der Waals surface area contributed by atoms with Crippen molar-refractivity contribution in [3.05, 3.63) is 47.5 Å². The molecule has 0 aromatic carbocycles. The van der Waals surface area contributed by atoms with Crippen molar-refractivity contribution in [1.29, 1.82) is 0 Å². The topological polar surface area (TPSA) is 75.4 Å². The molecule has 1 amide bonds. The third kappa shape index (κ3) is 4.20. The number of furan rings is 1. The summed E-state index contributed by atoms with van der Waals surface area (Å²) in [6.07, 6.45) is 1.13. The van der Waals surface area contributed by atoms with Crippen LogP contribution in [-0.4, -0.2) is 22.6 Å². The van der Waals surface area contributed by atoms with Crippen molar-refractivity contribution in [3.63, 3.8) is 0 Å². The molecule has 5 heteroatoms. The van der Waals surface area contributed by atoms with Crippen molar-refractivity contribution in [1.82, 2.24) is 4.98 Å². The Balaban J connectivity index is 2.07. The molecule has 2 rings (SSSR count). The van der Waals surface area contributed by atoms with Crippen LogP contribution in [0.4, 0.5) is 5.82 Å². The number of aliphatic hydroxyl groups is 1. The number of nitrogens with zero attached hydrogens (tertiary/aromatic N) is 1. The molecule has 0 radical (unpaired) electrons. The van der Waals surface area contributed by atoms with E-state index in [9.17, 15) is 4.79 Å². The lowest BCUT2D eigenvalue weighted by Gasteiger charge is -2.02. The van der Waals surface area contributed by atoms with Crippen molar-refractivity contribution in [2.24, 2.45) is 0 Å². The van der Waals surface area contributed by atoms with Crippen molar-refractivity contribution in [2.75, 3.05) is 11.9 Å². The van der Waals surface area contributed by atoms with E-state index in [0.717, 1.165) is 12.2 Å². The fourth-order valence-corrected chi connectivity index (χ4v) is 1.65. The maximum absolute atomic E-state index is 12.0. The van der Waals surface area contributed by atoms with Gasteiger partial charge in [0.15, 0.2) is 5.76 Å². The summed E-state index contributed by atoms with van der Waals surface area (Å²) in [5, 5.41) is 11.3. The number of carbonyl (C=O) groups is 1. The molecule has 0 unspecified atom stereocenters. The van der Waals surface area contributed by atoms with E-state index >= 15 is 0 Å². The molecule has 2 N–H and O–H groups in total. The second-order valence-electron chi connectivity index (χ2n) is 4.26. The van der Waals surface area contributed by atoms with Crippen LogP contribution in [0, 0.1) is 11.8 Å². The van der Waals surface area contributed by atoms with Gasteiger partial charge in [-0.3, -0.25) is 4.79 Å². The molecular weight excluding hydrogens is 268 g/mol. The summed E-state index contributed by atoms with van der Waals surface area (Å²) in [7, 11) is 0. The Hall–Kier alpha value is -2.58. The van der Waals surface area contributed by atoms with Crippen molar-refractivity contribution in [3.8, 4) is 11.8 Å². The lowest BCUT2D eigenvalue weighted by molar-refractivity contribution is 0.0994. The summed E-state index contributed by atoms with van der Waals surface area (Å²) in [6.45, 7) is 1.97. The van der Waals surface area contributed by atoms with Crippen LogP contribution < -0.4 is 5.32 Å². The summed E-state index contributed by atoms with van der Waals surface area (Å²) in [5.41, 5.74) is 0.537. The average molecular weight is 284 g/mol. The second-order valence-corrected chi connectivity index (χ2v) is 4.26. The van der Waals surface area contributed by atoms with Crippen LogP contribution >= 0.6 is 0 Å². The maximum atomic E-state index is 12.0. The van der Waals surface area contributed by atoms with Gasteiger partial charge in [0.1, 0.15) is 17.3 Å². The highest BCUT2D eigenvalue weighted by Crippen LogP contribution is 2.11. The summed E-state index contributed by atoms with van der Waals surface area (Å²) in [4.78, 5) is 16.2.